The summed E-state index contributed by atoms with van der Waals surface area (Å²) in [5.41, 5.74) is 2.27. The van der Waals surface area contributed by atoms with Gasteiger partial charge in [0.2, 0.25) is 0 Å². The van der Waals surface area contributed by atoms with Crippen molar-refractivity contribution in [2.45, 2.75) is 26.2 Å². The van der Waals surface area contributed by atoms with Crippen LogP contribution in [0, 0.1) is 5.41 Å². The minimum absolute atomic E-state index is 0.312. The van der Waals surface area contributed by atoms with Crippen LogP contribution in [0.4, 0.5) is 0 Å². The van der Waals surface area contributed by atoms with Gasteiger partial charge in [0.15, 0.2) is 0 Å². The second-order valence-electron chi connectivity index (χ2n) is 3.77. The van der Waals surface area contributed by atoms with Gasteiger partial charge in [-0.3, -0.25) is 0 Å². The summed E-state index contributed by atoms with van der Waals surface area (Å²) in [6, 6.07) is 0. The van der Waals surface area contributed by atoms with Gasteiger partial charge >= 0.3 is 0 Å². The number of rotatable bonds is 3. The SMILES string of the molecule is C/C(=C\Cl)CC1(C=O)CCCOC1. The van der Waals surface area contributed by atoms with E-state index in [1.165, 1.54) is 0 Å². The minimum Gasteiger partial charge on any atom is -0.380 e. The van der Waals surface area contributed by atoms with Gasteiger partial charge in [0.25, 0.3) is 0 Å². The molecule has 0 bridgehead atoms. The predicted molar refractivity (Wildman–Crippen MR) is 52.8 cm³/mol. The molecule has 13 heavy (non-hydrogen) atoms. The third-order valence-electron chi connectivity index (χ3n) is 2.42. The highest BCUT2D eigenvalue weighted by Crippen LogP contribution is 2.33. The molecule has 0 aromatic rings. The predicted octanol–water partition coefficient (Wildman–Crippen LogP) is 2.51. The highest BCUT2D eigenvalue weighted by Gasteiger charge is 2.32. The molecule has 0 aliphatic carbocycles. The minimum atomic E-state index is -0.312. The molecular weight excluding hydrogens is 188 g/mol. The lowest BCUT2D eigenvalue weighted by molar-refractivity contribution is -0.123. The Morgan fingerprint density at radius 2 is 2.46 bits per heavy atom. The molecule has 0 N–H and O–H groups in total. The average Bonchev–Trinajstić information content (AvgIpc) is 2.19. The molecule has 1 rings (SSSR count). The van der Waals surface area contributed by atoms with E-state index in [-0.39, 0.29) is 5.41 Å². The first-order chi connectivity index (χ1) is 6.22. The van der Waals surface area contributed by atoms with Gasteiger partial charge in [-0.15, -0.1) is 0 Å². The van der Waals surface area contributed by atoms with Crippen molar-refractivity contribution in [2.24, 2.45) is 5.41 Å². The first kappa shape index (κ1) is 10.7. The molecule has 2 nitrogen and oxygen atoms in total. The van der Waals surface area contributed by atoms with Crippen molar-refractivity contribution in [3.05, 3.63) is 11.1 Å². The number of aldehydes is 1. The second kappa shape index (κ2) is 4.77. The number of carbonyl (C=O) groups excluding carboxylic acids is 1. The van der Waals surface area contributed by atoms with Crippen LogP contribution in [-0.4, -0.2) is 19.5 Å². The van der Waals surface area contributed by atoms with Crippen molar-refractivity contribution in [1.82, 2.24) is 0 Å². The van der Waals surface area contributed by atoms with Crippen LogP contribution in [0.25, 0.3) is 0 Å². The van der Waals surface area contributed by atoms with Gasteiger partial charge in [0.1, 0.15) is 6.29 Å². The molecule has 0 saturated carbocycles. The van der Waals surface area contributed by atoms with Gasteiger partial charge in [0, 0.05) is 12.1 Å². The maximum atomic E-state index is 11.0. The smallest absolute Gasteiger partial charge is 0.128 e. The fourth-order valence-electron chi connectivity index (χ4n) is 1.74. The zero-order valence-electron chi connectivity index (χ0n) is 7.88. The molecule has 3 heteroatoms. The van der Waals surface area contributed by atoms with Crippen LogP contribution in [0.1, 0.15) is 26.2 Å². The van der Waals surface area contributed by atoms with Gasteiger partial charge in [-0.25, -0.2) is 0 Å². The topological polar surface area (TPSA) is 26.3 Å². The summed E-state index contributed by atoms with van der Waals surface area (Å²) >= 11 is 5.57. The maximum absolute atomic E-state index is 11.0. The van der Waals surface area contributed by atoms with Crippen molar-refractivity contribution >= 4 is 17.9 Å². The Kier molecular flexibility index (Phi) is 3.94. The Bertz CT molecular complexity index is 205. The van der Waals surface area contributed by atoms with E-state index in [1.54, 1.807) is 5.54 Å². The van der Waals surface area contributed by atoms with Crippen LogP contribution >= 0.6 is 11.6 Å². The summed E-state index contributed by atoms with van der Waals surface area (Å²) in [4.78, 5) is 11.0. The van der Waals surface area contributed by atoms with Crippen molar-refractivity contribution in [3.63, 3.8) is 0 Å². The van der Waals surface area contributed by atoms with Crippen LogP contribution in [0.5, 0.6) is 0 Å². The van der Waals surface area contributed by atoms with E-state index in [2.05, 4.69) is 0 Å². The van der Waals surface area contributed by atoms with Crippen LogP contribution < -0.4 is 0 Å². The van der Waals surface area contributed by atoms with E-state index in [4.69, 9.17) is 16.3 Å². The van der Waals surface area contributed by atoms with E-state index in [9.17, 15) is 4.79 Å². The number of halogens is 1. The summed E-state index contributed by atoms with van der Waals surface area (Å²) in [5, 5.41) is 0. The fraction of sp³-hybridized carbons (Fsp3) is 0.700. The Balaban J connectivity index is 2.62. The number of allylic oxidation sites excluding steroid dienone is 1. The third kappa shape index (κ3) is 2.82. The van der Waals surface area contributed by atoms with Gasteiger partial charge in [-0.05, 0) is 26.2 Å². The molecule has 0 amide bonds. The lowest BCUT2D eigenvalue weighted by Gasteiger charge is -2.31. The molecule has 1 fully saturated rings. The number of hydrogen-bond acceptors (Lipinski definition) is 2. The number of hydrogen-bond donors (Lipinski definition) is 0. The number of carbonyl (C=O) groups is 1. The quantitative estimate of drug-likeness (QED) is 0.658. The highest BCUT2D eigenvalue weighted by molar-refractivity contribution is 6.25. The Hall–Kier alpha value is -0.340. The van der Waals surface area contributed by atoms with Crippen LogP contribution in [0.3, 0.4) is 0 Å². The summed E-state index contributed by atoms with van der Waals surface area (Å²) in [7, 11) is 0. The molecule has 0 aromatic carbocycles. The first-order valence-electron chi connectivity index (χ1n) is 4.52. The molecule has 0 aromatic heterocycles. The standard InChI is InChI=1S/C10H15ClO2/c1-9(6-11)5-10(7-12)3-2-4-13-8-10/h6-7H,2-5,8H2,1H3/b9-6+. The lowest BCUT2D eigenvalue weighted by Crippen LogP contribution is -2.33. The summed E-state index contributed by atoms with van der Waals surface area (Å²) in [5.74, 6) is 0. The van der Waals surface area contributed by atoms with Gasteiger partial charge in [-0.2, -0.15) is 0 Å². The van der Waals surface area contributed by atoms with Crippen LogP contribution in [0.15, 0.2) is 11.1 Å². The molecule has 1 aliphatic rings. The summed E-state index contributed by atoms with van der Waals surface area (Å²) < 4.78 is 5.32. The Morgan fingerprint density at radius 1 is 1.69 bits per heavy atom. The van der Waals surface area contributed by atoms with E-state index in [1.807, 2.05) is 6.92 Å². The molecule has 1 saturated heterocycles. The van der Waals surface area contributed by atoms with Crippen LogP contribution in [-0.2, 0) is 9.53 Å². The highest BCUT2D eigenvalue weighted by atomic mass is 35.5. The molecular formula is C10H15ClO2. The van der Waals surface area contributed by atoms with Gasteiger partial charge in [-0.1, -0.05) is 17.2 Å². The van der Waals surface area contributed by atoms with Crippen molar-refractivity contribution in [3.8, 4) is 0 Å². The Morgan fingerprint density at radius 3 is 2.92 bits per heavy atom. The molecule has 0 spiro atoms. The zero-order valence-corrected chi connectivity index (χ0v) is 8.64. The first-order valence-corrected chi connectivity index (χ1v) is 4.96. The monoisotopic (exact) mass is 202 g/mol. The normalized spacial score (nSPS) is 30.2. The molecule has 1 atom stereocenters. The van der Waals surface area contributed by atoms with Crippen molar-refractivity contribution in [1.29, 1.82) is 0 Å². The second-order valence-corrected chi connectivity index (χ2v) is 3.99. The summed E-state index contributed by atoms with van der Waals surface area (Å²) in [6.45, 7) is 3.25. The van der Waals surface area contributed by atoms with Crippen molar-refractivity contribution in [2.75, 3.05) is 13.2 Å². The van der Waals surface area contributed by atoms with Crippen LogP contribution in [0.2, 0.25) is 0 Å². The van der Waals surface area contributed by atoms with E-state index in [0.29, 0.717) is 6.61 Å². The zero-order chi connectivity index (χ0) is 9.73. The van der Waals surface area contributed by atoms with E-state index in [0.717, 1.165) is 37.7 Å². The number of ether oxygens (including phenoxy) is 1. The maximum Gasteiger partial charge on any atom is 0.128 e. The van der Waals surface area contributed by atoms with Gasteiger partial charge < -0.3 is 9.53 Å². The fourth-order valence-corrected chi connectivity index (χ4v) is 1.82. The van der Waals surface area contributed by atoms with E-state index < -0.39 is 0 Å². The molecule has 1 heterocycles. The largest absolute Gasteiger partial charge is 0.380 e. The lowest BCUT2D eigenvalue weighted by atomic mass is 9.79. The summed E-state index contributed by atoms with van der Waals surface area (Å²) in [6.07, 6.45) is 3.63. The van der Waals surface area contributed by atoms with Gasteiger partial charge in [0.05, 0.1) is 12.0 Å². The molecule has 0 radical (unpaired) electrons. The van der Waals surface area contributed by atoms with Crippen molar-refractivity contribution < 1.29 is 9.53 Å². The molecule has 1 aliphatic heterocycles. The molecule has 74 valence electrons. The molecule has 1 unspecified atom stereocenters. The Labute approximate surface area is 83.9 Å². The van der Waals surface area contributed by atoms with E-state index >= 15 is 0 Å². The third-order valence-corrected chi connectivity index (χ3v) is 2.79. The average molecular weight is 203 g/mol.